The van der Waals surface area contributed by atoms with Crippen molar-refractivity contribution in [1.29, 1.82) is 0 Å². The maximum Gasteiger partial charge on any atom is 0.317 e. The topological polar surface area (TPSA) is 87.5 Å². The second-order valence-electron chi connectivity index (χ2n) is 6.72. The number of amides is 2. The lowest BCUT2D eigenvalue weighted by atomic mass is 9.90. The van der Waals surface area contributed by atoms with Gasteiger partial charge in [-0.25, -0.2) is 4.79 Å². The van der Waals surface area contributed by atoms with Gasteiger partial charge in [-0.3, -0.25) is 9.48 Å². The maximum atomic E-state index is 12.3. The lowest BCUT2D eigenvalue weighted by Gasteiger charge is -2.20. The van der Waals surface area contributed by atoms with Gasteiger partial charge in [0.25, 0.3) is 0 Å². The van der Waals surface area contributed by atoms with Crippen LogP contribution in [0.4, 0.5) is 4.79 Å². The molecular weight excluding hydrogens is 320 g/mol. The van der Waals surface area contributed by atoms with Gasteiger partial charge in [0.05, 0.1) is 12.0 Å². The predicted molar refractivity (Wildman–Crippen MR) is 91.9 cm³/mol. The lowest BCUT2D eigenvalue weighted by molar-refractivity contribution is -0.147. The Hall–Kier alpha value is -2.83. The first-order valence-electron chi connectivity index (χ1n) is 8.28. The Balaban J connectivity index is 1.55. The van der Waals surface area contributed by atoms with E-state index in [2.05, 4.69) is 10.4 Å². The van der Waals surface area contributed by atoms with Gasteiger partial charge in [-0.1, -0.05) is 24.3 Å². The number of urea groups is 1. The third-order valence-corrected chi connectivity index (χ3v) is 4.62. The van der Waals surface area contributed by atoms with Gasteiger partial charge in [-0.2, -0.15) is 5.10 Å². The second-order valence-corrected chi connectivity index (χ2v) is 6.72. The maximum absolute atomic E-state index is 12.3. The Kier molecular flexibility index (Phi) is 4.74. The molecule has 2 N–H and O–H groups in total. The summed E-state index contributed by atoms with van der Waals surface area (Å²) in [5.41, 5.74) is 1.26. The molecule has 1 aromatic carbocycles. The fourth-order valence-corrected chi connectivity index (χ4v) is 3.02. The van der Waals surface area contributed by atoms with Crippen molar-refractivity contribution >= 4 is 12.0 Å². The highest BCUT2D eigenvalue weighted by Crippen LogP contribution is 2.29. The average Bonchev–Trinajstić information content (AvgIpc) is 3.23. The number of hydrogen-bond donors (Lipinski definition) is 2. The zero-order valence-corrected chi connectivity index (χ0v) is 14.2. The number of aromatic nitrogens is 2. The molecule has 2 aromatic rings. The highest BCUT2D eigenvalue weighted by atomic mass is 16.4. The van der Waals surface area contributed by atoms with Crippen LogP contribution in [-0.2, 0) is 17.9 Å². The van der Waals surface area contributed by atoms with E-state index in [-0.39, 0.29) is 12.6 Å². The number of likely N-dealkylation sites (tertiary alicyclic amines) is 1. The minimum Gasteiger partial charge on any atom is -0.481 e. The average molecular weight is 342 g/mol. The van der Waals surface area contributed by atoms with Crippen molar-refractivity contribution in [3.05, 3.63) is 53.9 Å². The van der Waals surface area contributed by atoms with Crippen LogP contribution in [0.2, 0.25) is 0 Å². The van der Waals surface area contributed by atoms with Gasteiger partial charge in [0, 0.05) is 32.0 Å². The number of carboxylic acid groups (broad SMARTS) is 1. The highest BCUT2D eigenvalue weighted by molar-refractivity contribution is 5.79. The first-order valence-corrected chi connectivity index (χ1v) is 8.28. The summed E-state index contributed by atoms with van der Waals surface area (Å²) < 4.78 is 1.84. The van der Waals surface area contributed by atoms with Crippen LogP contribution < -0.4 is 5.32 Å². The van der Waals surface area contributed by atoms with E-state index in [0.717, 1.165) is 11.1 Å². The van der Waals surface area contributed by atoms with Crippen molar-refractivity contribution in [2.75, 3.05) is 13.1 Å². The SMILES string of the molecule is CC1(C(=O)O)CCN(C(=O)NCc2cccc(Cn3cccn3)c2)C1. The Labute approximate surface area is 146 Å². The molecule has 0 saturated carbocycles. The van der Waals surface area contributed by atoms with Gasteiger partial charge in [0.1, 0.15) is 0 Å². The van der Waals surface area contributed by atoms with Crippen LogP contribution in [0, 0.1) is 5.41 Å². The fraction of sp³-hybridized carbons (Fsp3) is 0.389. The van der Waals surface area contributed by atoms with Crippen molar-refractivity contribution in [3.8, 4) is 0 Å². The minimum atomic E-state index is -0.853. The van der Waals surface area contributed by atoms with Crippen LogP contribution in [0.1, 0.15) is 24.5 Å². The first-order chi connectivity index (χ1) is 12.0. The van der Waals surface area contributed by atoms with Gasteiger partial charge in [-0.15, -0.1) is 0 Å². The number of carboxylic acids is 1. The quantitative estimate of drug-likeness (QED) is 0.869. The Morgan fingerprint density at radius 3 is 2.80 bits per heavy atom. The zero-order valence-electron chi connectivity index (χ0n) is 14.2. The van der Waals surface area contributed by atoms with Crippen LogP contribution in [0.5, 0.6) is 0 Å². The van der Waals surface area contributed by atoms with Gasteiger partial charge >= 0.3 is 12.0 Å². The summed E-state index contributed by atoms with van der Waals surface area (Å²) in [5, 5.41) is 16.3. The summed E-state index contributed by atoms with van der Waals surface area (Å²) in [4.78, 5) is 25.1. The van der Waals surface area contributed by atoms with Crippen LogP contribution in [-0.4, -0.2) is 44.9 Å². The standard InChI is InChI=1S/C18H22N4O3/c1-18(16(23)24)6-9-21(13-18)17(25)19-11-14-4-2-5-15(10-14)12-22-8-3-7-20-22/h2-5,7-8,10H,6,9,11-13H2,1H3,(H,19,25)(H,23,24). The smallest absolute Gasteiger partial charge is 0.317 e. The number of carbonyl (C=O) groups excluding carboxylic acids is 1. The molecule has 1 aliphatic heterocycles. The summed E-state index contributed by atoms with van der Waals surface area (Å²) in [6.07, 6.45) is 4.13. The monoisotopic (exact) mass is 342 g/mol. The number of hydrogen-bond acceptors (Lipinski definition) is 3. The summed E-state index contributed by atoms with van der Waals surface area (Å²) >= 11 is 0. The van der Waals surface area contributed by atoms with Crippen molar-refractivity contribution in [3.63, 3.8) is 0 Å². The number of nitrogens with one attached hydrogen (secondary N) is 1. The van der Waals surface area contributed by atoms with Gasteiger partial charge in [-0.05, 0) is 30.5 Å². The number of nitrogens with zero attached hydrogens (tertiary/aromatic N) is 3. The molecule has 25 heavy (non-hydrogen) atoms. The third-order valence-electron chi connectivity index (χ3n) is 4.62. The van der Waals surface area contributed by atoms with Crippen LogP contribution >= 0.6 is 0 Å². The van der Waals surface area contributed by atoms with E-state index < -0.39 is 11.4 Å². The lowest BCUT2D eigenvalue weighted by Crippen LogP contribution is -2.40. The summed E-state index contributed by atoms with van der Waals surface area (Å²) in [6.45, 7) is 3.48. The molecule has 1 unspecified atom stereocenters. The van der Waals surface area contributed by atoms with E-state index >= 15 is 0 Å². The Morgan fingerprint density at radius 2 is 2.12 bits per heavy atom. The molecule has 132 valence electrons. The van der Waals surface area contributed by atoms with Crippen molar-refractivity contribution in [2.24, 2.45) is 5.41 Å². The number of rotatable bonds is 5. The van der Waals surface area contributed by atoms with E-state index in [1.807, 2.05) is 41.2 Å². The molecule has 0 spiro atoms. The number of benzene rings is 1. The largest absolute Gasteiger partial charge is 0.481 e. The molecule has 2 amide bonds. The Bertz CT molecular complexity index is 759. The van der Waals surface area contributed by atoms with Crippen LogP contribution in [0.15, 0.2) is 42.7 Å². The molecule has 0 radical (unpaired) electrons. The molecular formula is C18H22N4O3. The van der Waals surface area contributed by atoms with Crippen LogP contribution in [0.25, 0.3) is 0 Å². The van der Waals surface area contributed by atoms with Crippen molar-refractivity contribution in [1.82, 2.24) is 20.0 Å². The summed E-state index contributed by atoms with van der Waals surface area (Å²) in [5.74, 6) is -0.853. The molecule has 1 aromatic heterocycles. The van der Waals surface area contributed by atoms with Crippen molar-refractivity contribution in [2.45, 2.75) is 26.4 Å². The first kappa shape index (κ1) is 17.0. The van der Waals surface area contributed by atoms with Crippen LogP contribution in [0.3, 0.4) is 0 Å². The molecule has 0 aliphatic carbocycles. The third kappa shape index (κ3) is 3.99. The molecule has 1 saturated heterocycles. The van der Waals surface area contributed by atoms with E-state index in [9.17, 15) is 14.7 Å². The van der Waals surface area contributed by atoms with E-state index in [0.29, 0.717) is 26.1 Å². The summed E-state index contributed by atoms with van der Waals surface area (Å²) in [7, 11) is 0. The van der Waals surface area contributed by atoms with Gasteiger partial charge < -0.3 is 15.3 Å². The molecule has 0 bridgehead atoms. The normalized spacial score (nSPS) is 19.8. The van der Waals surface area contributed by atoms with E-state index in [4.69, 9.17) is 0 Å². The van der Waals surface area contributed by atoms with Gasteiger partial charge in [0.15, 0.2) is 0 Å². The molecule has 7 nitrogen and oxygen atoms in total. The second kappa shape index (κ2) is 6.96. The highest BCUT2D eigenvalue weighted by Gasteiger charge is 2.42. The fourth-order valence-electron chi connectivity index (χ4n) is 3.02. The molecule has 1 atom stereocenters. The number of aliphatic carboxylic acids is 1. The molecule has 7 heteroatoms. The predicted octanol–water partition coefficient (Wildman–Crippen LogP) is 1.94. The molecule has 1 aliphatic rings. The van der Waals surface area contributed by atoms with E-state index in [1.54, 1.807) is 18.0 Å². The Morgan fingerprint density at radius 1 is 1.32 bits per heavy atom. The summed E-state index contributed by atoms with van der Waals surface area (Å²) in [6, 6.07) is 9.63. The molecule has 3 rings (SSSR count). The molecule has 1 fully saturated rings. The van der Waals surface area contributed by atoms with Gasteiger partial charge in [0.2, 0.25) is 0 Å². The minimum absolute atomic E-state index is 0.220. The number of carbonyl (C=O) groups is 2. The zero-order chi connectivity index (χ0) is 17.9. The van der Waals surface area contributed by atoms with Crippen molar-refractivity contribution < 1.29 is 14.7 Å². The molecule has 2 heterocycles. The van der Waals surface area contributed by atoms with E-state index in [1.165, 1.54) is 0 Å².